The maximum atomic E-state index is 11.8. The minimum atomic E-state index is -0.0820. The molecule has 0 unspecified atom stereocenters. The smallest absolute Gasteiger partial charge is 0.225 e. The third-order valence-corrected chi connectivity index (χ3v) is 3.47. The molecular weight excluding hydrogens is 326 g/mol. The van der Waals surface area contributed by atoms with Gasteiger partial charge in [0.25, 0.3) is 0 Å². The predicted molar refractivity (Wildman–Crippen MR) is 94.4 cm³/mol. The van der Waals surface area contributed by atoms with Gasteiger partial charge in [0.15, 0.2) is 0 Å². The normalized spacial score (nSPS) is 9.58. The van der Waals surface area contributed by atoms with Crippen molar-refractivity contribution in [2.45, 2.75) is 6.42 Å². The molecule has 24 heavy (non-hydrogen) atoms. The van der Waals surface area contributed by atoms with Crippen molar-refractivity contribution < 1.29 is 14.3 Å². The number of para-hydroxylation sites is 1. The lowest BCUT2D eigenvalue weighted by molar-refractivity contribution is -0.120. The lowest BCUT2D eigenvalue weighted by Crippen LogP contribution is -2.25. The van der Waals surface area contributed by atoms with Gasteiger partial charge < -0.3 is 14.8 Å². The standard InChI is InChI=1S/C19H18ClNO3/c1-23-16-10-8-15(9-11-16)14-19(22)21-12-4-5-13-24-18-7-3-2-6-17(18)20/h2-3,6-11H,12-14H2,1H3,(H,21,22). The number of carbonyl (C=O) groups is 1. The highest BCUT2D eigenvalue weighted by Gasteiger charge is 2.02. The highest BCUT2D eigenvalue weighted by atomic mass is 35.5. The summed E-state index contributed by atoms with van der Waals surface area (Å²) in [6, 6.07) is 14.6. The van der Waals surface area contributed by atoms with Gasteiger partial charge in [-0.2, -0.15) is 0 Å². The molecular formula is C19H18ClNO3. The first kappa shape index (κ1) is 17.7. The molecule has 0 atom stereocenters. The first-order chi connectivity index (χ1) is 11.7. The Morgan fingerprint density at radius 2 is 1.88 bits per heavy atom. The summed E-state index contributed by atoms with van der Waals surface area (Å²) >= 11 is 5.96. The lowest BCUT2D eigenvalue weighted by atomic mass is 10.1. The van der Waals surface area contributed by atoms with Crippen LogP contribution < -0.4 is 14.8 Å². The number of benzene rings is 2. The molecule has 4 nitrogen and oxygen atoms in total. The minimum absolute atomic E-state index is 0.0820. The van der Waals surface area contributed by atoms with Crippen LogP contribution in [0, 0.1) is 11.8 Å². The highest BCUT2D eigenvalue weighted by molar-refractivity contribution is 6.32. The molecule has 124 valence electrons. The van der Waals surface area contributed by atoms with Crippen molar-refractivity contribution in [2.24, 2.45) is 0 Å². The van der Waals surface area contributed by atoms with Gasteiger partial charge in [-0.05, 0) is 29.8 Å². The van der Waals surface area contributed by atoms with E-state index in [2.05, 4.69) is 17.2 Å². The van der Waals surface area contributed by atoms with Crippen LogP contribution in [-0.2, 0) is 11.2 Å². The second kappa shape index (κ2) is 9.49. The van der Waals surface area contributed by atoms with Gasteiger partial charge in [0.05, 0.1) is 25.1 Å². The number of ether oxygens (including phenoxy) is 2. The third kappa shape index (κ3) is 5.86. The van der Waals surface area contributed by atoms with E-state index in [9.17, 15) is 4.79 Å². The monoisotopic (exact) mass is 343 g/mol. The van der Waals surface area contributed by atoms with Crippen molar-refractivity contribution in [2.75, 3.05) is 20.3 Å². The zero-order valence-electron chi connectivity index (χ0n) is 13.3. The van der Waals surface area contributed by atoms with Crippen molar-refractivity contribution in [1.82, 2.24) is 5.32 Å². The molecule has 0 aliphatic heterocycles. The van der Waals surface area contributed by atoms with E-state index in [0.29, 0.717) is 17.2 Å². The summed E-state index contributed by atoms with van der Waals surface area (Å²) < 4.78 is 10.5. The number of rotatable bonds is 6. The van der Waals surface area contributed by atoms with Gasteiger partial charge in [-0.15, -0.1) is 0 Å². The van der Waals surface area contributed by atoms with E-state index < -0.39 is 0 Å². The van der Waals surface area contributed by atoms with E-state index in [1.165, 1.54) is 0 Å². The predicted octanol–water partition coefficient (Wildman–Crippen LogP) is 3.09. The number of amides is 1. The first-order valence-electron chi connectivity index (χ1n) is 7.41. The highest BCUT2D eigenvalue weighted by Crippen LogP contribution is 2.22. The zero-order chi connectivity index (χ0) is 17.2. The molecule has 2 rings (SSSR count). The topological polar surface area (TPSA) is 47.6 Å². The molecule has 0 saturated heterocycles. The fourth-order valence-electron chi connectivity index (χ4n) is 1.92. The van der Waals surface area contributed by atoms with Crippen molar-refractivity contribution in [3.63, 3.8) is 0 Å². The molecule has 1 N–H and O–H groups in total. The molecule has 0 aromatic heterocycles. The van der Waals surface area contributed by atoms with E-state index in [1.54, 1.807) is 19.2 Å². The number of halogens is 1. The third-order valence-electron chi connectivity index (χ3n) is 3.16. The van der Waals surface area contributed by atoms with Crippen molar-refractivity contribution in [3.8, 4) is 23.3 Å². The molecule has 0 heterocycles. The van der Waals surface area contributed by atoms with E-state index in [4.69, 9.17) is 21.1 Å². The lowest BCUT2D eigenvalue weighted by Gasteiger charge is -2.04. The number of methoxy groups -OCH3 is 1. The quantitative estimate of drug-likeness (QED) is 0.820. The maximum Gasteiger partial charge on any atom is 0.225 e. The van der Waals surface area contributed by atoms with Gasteiger partial charge in [0.2, 0.25) is 5.91 Å². The Morgan fingerprint density at radius 1 is 1.12 bits per heavy atom. The molecule has 0 aliphatic rings. The van der Waals surface area contributed by atoms with Gasteiger partial charge in [0, 0.05) is 0 Å². The fraction of sp³-hybridized carbons (Fsp3) is 0.211. The minimum Gasteiger partial charge on any atom is -0.497 e. The van der Waals surface area contributed by atoms with Crippen LogP contribution in [0.4, 0.5) is 0 Å². The summed E-state index contributed by atoms with van der Waals surface area (Å²) in [5, 5.41) is 3.29. The van der Waals surface area contributed by atoms with Gasteiger partial charge in [0.1, 0.15) is 18.1 Å². The summed E-state index contributed by atoms with van der Waals surface area (Å²) in [6.45, 7) is 0.499. The van der Waals surface area contributed by atoms with E-state index in [-0.39, 0.29) is 19.1 Å². The van der Waals surface area contributed by atoms with Crippen LogP contribution in [0.15, 0.2) is 48.5 Å². The van der Waals surface area contributed by atoms with Gasteiger partial charge >= 0.3 is 0 Å². The van der Waals surface area contributed by atoms with E-state index in [0.717, 1.165) is 11.3 Å². The summed E-state index contributed by atoms with van der Waals surface area (Å²) in [7, 11) is 1.61. The van der Waals surface area contributed by atoms with Crippen LogP contribution in [0.5, 0.6) is 11.5 Å². The van der Waals surface area contributed by atoms with E-state index in [1.807, 2.05) is 36.4 Å². The average Bonchev–Trinajstić information content (AvgIpc) is 2.60. The molecule has 2 aromatic rings. The average molecular weight is 344 g/mol. The number of carbonyl (C=O) groups excluding carboxylic acids is 1. The first-order valence-corrected chi connectivity index (χ1v) is 7.79. The Balaban J connectivity index is 1.68. The maximum absolute atomic E-state index is 11.8. The SMILES string of the molecule is COc1ccc(CC(=O)NCC#CCOc2ccccc2Cl)cc1. The summed E-state index contributed by atoms with van der Waals surface area (Å²) in [5.41, 5.74) is 0.920. The summed E-state index contributed by atoms with van der Waals surface area (Å²) in [5.74, 6) is 6.95. The zero-order valence-corrected chi connectivity index (χ0v) is 14.1. The van der Waals surface area contributed by atoms with Gasteiger partial charge in [-0.1, -0.05) is 47.7 Å². The molecule has 1 amide bonds. The number of hydrogen-bond donors (Lipinski definition) is 1. The Labute approximate surface area is 146 Å². The fourth-order valence-corrected chi connectivity index (χ4v) is 2.11. The Hall–Kier alpha value is -2.64. The largest absolute Gasteiger partial charge is 0.497 e. The van der Waals surface area contributed by atoms with Crippen LogP contribution in [0.3, 0.4) is 0 Å². The molecule has 0 saturated carbocycles. The van der Waals surface area contributed by atoms with Crippen molar-refractivity contribution >= 4 is 17.5 Å². The number of nitrogens with one attached hydrogen (secondary N) is 1. The van der Waals surface area contributed by atoms with Gasteiger partial charge in [-0.3, -0.25) is 4.79 Å². The molecule has 5 heteroatoms. The molecule has 0 bridgehead atoms. The Kier molecular flexibility index (Phi) is 7.00. The molecule has 0 spiro atoms. The molecule has 0 radical (unpaired) electrons. The Bertz CT molecular complexity index is 732. The molecule has 2 aromatic carbocycles. The Morgan fingerprint density at radius 3 is 2.58 bits per heavy atom. The van der Waals surface area contributed by atoms with Crippen LogP contribution in [0.2, 0.25) is 5.02 Å². The van der Waals surface area contributed by atoms with Crippen LogP contribution in [0.25, 0.3) is 0 Å². The van der Waals surface area contributed by atoms with Crippen LogP contribution in [0.1, 0.15) is 5.56 Å². The van der Waals surface area contributed by atoms with Crippen molar-refractivity contribution in [3.05, 3.63) is 59.1 Å². The van der Waals surface area contributed by atoms with Gasteiger partial charge in [-0.25, -0.2) is 0 Å². The molecule has 0 fully saturated rings. The second-order valence-corrected chi connectivity index (χ2v) is 5.28. The van der Waals surface area contributed by atoms with E-state index >= 15 is 0 Å². The van der Waals surface area contributed by atoms with Crippen LogP contribution in [-0.4, -0.2) is 26.2 Å². The molecule has 0 aliphatic carbocycles. The summed E-state index contributed by atoms with van der Waals surface area (Å²) in [4.78, 5) is 11.8. The van der Waals surface area contributed by atoms with Crippen molar-refractivity contribution in [1.29, 1.82) is 0 Å². The van der Waals surface area contributed by atoms with Crippen LogP contribution >= 0.6 is 11.6 Å². The number of hydrogen-bond acceptors (Lipinski definition) is 3. The second-order valence-electron chi connectivity index (χ2n) is 4.87. The summed E-state index contributed by atoms with van der Waals surface area (Å²) in [6.07, 6.45) is 0.307.